The monoisotopic (exact) mass is 204 g/mol. The summed E-state index contributed by atoms with van der Waals surface area (Å²) in [6, 6.07) is 6.78. The van der Waals surface area contributed by atoms with E-state index >= 15 is 0 Å². The lowest BCUT2D eigenvalue weighted by atomic mass is 10.1. The third kappa shape index (κ3) is 2.09. The number of nitrogens with zero attached hydrogens (tertiary/aromatic N) is 2. The Kier molecular flexibility index (Phi) is 2.85. The van der Waals surface area contributed by atoms with E-state index in [9.17, 15) is 0 Å². The fraction of sp³-hybridized carbons (Fsp3) is 0.538. The molecule has 2 nitrogen and oxygen atoms in total. The number of anilines is 2. The van der Waals surface area contributed by atoms with Gasteiger partial charge in [0.15, 0.2) is 0 Å². The van der Waals surface area contributed by atoms with Gasteiger partial charge < -0.3 is 9.80 Å². The maximum atomic E-state index is 2.48. The maximum absolute atomic E-state index is 2.48. The fourth-order valence-corrected chi connectivity index (χ4v) is 2.25. The molecule has 2 heteroatoms. The van der Waals surface area contributed by atoms with Crippen molar-refractivity contribution in [1.29, 1.82) is 0 Å². The Morgan fingerprint density at radius 3 is 2.40 bits per heavy atom. The molecule has 0 bridgehead atoms. The van der Waals surface area contributed by atoms with Gasteiger partial charge in [-0.1, -0.05) is 6.07 Å². The van der Waals surface area contributed by atoms with Crippen LogP contribution in [0.25, 0.3) is 0 Å². The van der Waals surface area contributed by atoms with Gasteiger partial charge in [-0.2, -0.15) is 0 Å². The Bertz CT molecular complexity index is 338. The second kappa shape index (κ2) is 4.13. The van der Waals surface area contributed by atoms with Crippen LogP contribution in [0.1, 0.15) is 18.4 Å². The zero-order valence-electron chi connectivity index (χ0n) is 9.95. The highest BCUT2D eigenvalue weighted by Crippen LogP contribution is 2.27. The number of aryl methyl sites for hydroxylation is 1. The average Bonchev–Trinajstić information content (AvgIpc) is 2.71. The van der Waals surface area contributed by atoms with Gasteiger partial charge in [-0.05, 0) is 37.5 Å². The SMILES string of the molecule is Cc1ccc(N2CCCC2)cc1N(C)C. The minimum Gasteiger partial charge on any atom is -0.377 e. The van der Waals surface area contributed by atoms with Gasteiger partial charge in [0.2, 0.25) is 0 Å². The van der Waals surface area contributed by atoms with E-state index in [1.807, 2.05) is 0 Å². The molecule has 1 aromatic rings. The van der Waals surface area contributed by atoms with Gasteiger partial charge in [0.25, 0.3) is 0 Å². The Morgan fingerprint density at radius 1 is 1.13 bits per heavy atom. The van der Waals surface area contributed by atoms with E-state index in [-0.39, 0.29) is 0 Å². The van der Waals surface area contributed by atoms with E-state index in [0.29, 0.717) is 0 Å². The van der Waals surface area contributed by atoms with Gasteiger partial charge >= 0.3 is 0 Å². The highest BCUT2D eigenvalue weighted by atomic mass is 15.1. The number of hydrogen-bond donors (Lipinski definition) is 0. The predicted molar refractivity (Wildman–Crippen MR) is 67.0 cm³/mol. The van der Waals surface area contributed by atoms with Crippen LogP contribution < -0.4 is 9.80 Å². The molecular formula is C13H20N2. The van der Waals surface area contributed by atoms with Crippen molar-refractivity contribution in [3.05, 3.63) is 23.8 Å². The molecule has 1 aliphatic rings. The normalized spacial score (nSPS) is 15.8. The Morgan fingerprint density at radius 2 is 1.80 bits per heavy atom. The molecular weight excluding hydrogens is 184 g/mol. The summed E-state index contributed by atoms with van der Waals surface area (Å²) in [5.41, 5.74) is 4.06. The van der Waals surface area contributed by atoms with Crippen molar-refractivity contribution < 1.29 is 0 Å². The quantitative estimate of drug-likeness (QED) is 0.730. The summed E-state index contributed by atoms with van der Waals surface area (Å²) in [5.74, 6) is 0. The van der Waals surface area contributed by atoms with E-state index in [0.717, 1.165) is 0 Å². The summed E-state index contributed by atoms with van der Waals surface area (Å²) < 4.78 is 0. The van der Waals surface area contributed by atoms with E-state index in [1.165, 1.54) is 42.9 Å². The zero-order chi connectivity index (χ0) is 10.8. The zero-order valence-corrected chi connectivity index (χ0v) is 9.95. The molecule has 0 unspecified atom stereocenters. The van der Waals surface area contributed by atoms with Crippen LogP contribution in [0.5, 0.6) is 0 Å². The van der Waals surface area contributed by atoms with Crippen LogP contribution in [0, 0.1) is 6.92 Å². The summed E-state index contributed by atoms with van der Waals surface area (Å²) >= 11 is 0. The molecule has 82 valence electrons. The van der Waals surface area contributed by atoms with E-state index in [4.69, 9.17) is 0 Å². The van der Waals surface area contributed by atoms with Crippen molar-refractivity contribution in [3.63, 3.8) is 0 Å². The van der Waals surface area contributed by atoms with E-state index in [1.54, 1.807) is 0 Å². The average molecular weight is 204 g/mol. The molecule has 0 aliphatic carbocycles. The Labute approximate surface area is 92.5 Å². The highest BCUT2D eigenvalue weighted by Gasteiger charge is 2.13. The third-order valence-corrected chi connectivity index (χ3v) is 3.15. The summed E-state index contributed by atoms with van der Waals surface area (Å²) in [6.07, 6.45) is 2.68. The van der Waals surface area contributed by atoms with Gasteiger partial charge in [0.05, 0.1) is 0 Å². The van der Waals surface area contributed by atoms with Crippen LogP contribution in [0.3, 0.4) is 0 Å². The Balaban J connectivity index is 2.29. The van der Waals surface area contributed by atoms with E-state index in [2.05, 4.69) is 49.0 Å². The van der Waals surface area contributed by atoms with Crippen molar-refractivity contribution >= 4 is 11.4 Å². The van der Waals surface area contributed by atoms with Crippen molar-refractivity contribution in [3.8, 4) is 0 Å². The lowest BCUT2D eigenvalue weighted by Crippen LogP contribution is -2.18. The summed E-state index contributed by atoms with van der Waals surface area (Å²) in [6.45, 7) is 4.61. The van der Waals surface area contributed by atoms with Gasteiger partial charge in [-0.3, -0.25) is 0 Å². The fourth-order valence-electron chi connectivity index (χ4n) is 2.25. The molecule has 2 rings (SSSR count). The first kappa shape index (κ1) is 10.3. The van der Waals surface area contributed by atoms with Gasteiger partial charge in [0, 0.05) is 38.6 Å². The molecule has 1 saturated heterocycles. The van der Waals surface area contributed by atoms with Crippen molar-refractivity contribution in [2.24, 2.45) is 0 Å². The molecule has 15 heavy (non-hydrogen) atoms. The number of rotatable bonds is 2. The number of hydrogen-bond acceptors (Lipinski definition) is 2. The first-order chi connectivity index (χ1) is 7.18. The molecule has 0 saturated carbocycles. The molecule has 1 aliphatic heterocycles. The molecule has 1 heterocycles. The largest absolute Gasteiger partial charge is 0.377 e. The van der Waals surface area contributed by atoms with Crippen molar-refractivity contribution in [2.75, 3.05) is 37.0 Å². The lowest BCUT2D eigenvalue weighted by molar-refractivity contribution is 0.949. The second-order valence-electron chi connectivity index (χ2n) is 4.56. The van der Waals surface area contributed by atoms with Gasteiger partial charge in [-0.15, -0.1) is 0 Å². The highest BCUT2D eigenvalue weighted by molar-refractivity contribution is 5.63. The first-order valence-electron chi connectivity index (χ1n) is 5.71. The number of benzene rings is 1. The van der Waals surface area contributed by atoms with Crippen LogP contribution in [0.15, 0.2) is 18.2 Å². The summed E-state index contributed by atoms with van der Waals surface area (Å²) in [7, 11) is 4.21. The molecule has 1 aromatic carbocycles. The first-order valence-corrected chi connectivity index (χ1v) is 5.71. The van der Waals surface area contributed by atoms with E-state index < -0.39 is 0 Å². The molecule has 0 amide bonds. The standard InChI is InChI=1S/C13H20N2/c1-11-6-7-12(10-13(11)14(2)3)15-8-4-5-9-15/h6-7,10H,4-5,8-9H2,1-3H3. The molecule has 0 spiro atoms. The smallest absolute Gasteiger partial charge is 0.0411 e. The summed E-state index contributed by atoms with van der Waals surface area (Å²) in [5, 5.41) is 0. The molecule has 0 aromatic heterocycles. The minimum atomic E-state index is 1.22. The molecule has 0 atom stereocenters. The van der Waals surface area contributed by atoms with Crippen LogP contribution in [-0.2, 0) is 0 Å². The van der Waals surface area contributed by atoms with Crippen LogP contribution in [-0.4, -0.2) is 27.2 Å². The van der Waals surface area contributed by atoms with Crippen molar-refractivity contribution in [1.82, 2.24) is 0 Å². The van der Waals surface area contributed by atoms with Crippen LogP contribution in [0.4, 0.5) is 11.4 Å². The summed E-state index contributed by atoms with van der Waals surface area (Å²) in [4.78, 5) is 4.67. The predicted octanol–water partition coefficient (Wildman–Crippen LogP) is 2.66. The van der Waals surface area contributed by atoms with Crippen molar-refractivity contribution in [2.45, 2.75) is 19.8 Å². The molecule has 1 fully saturated rings. The second-order valence-corrected chi connectivity index (χ2v) is 4.56. The lowest BCUT2D eigenvalue weighted by Gasteiger charge is -2.22. The van der Waals surface area contributed by atoms with Crippen LogP contribution in [0.2, 0.25) is 0 Å². The topological polar surface area (TPSA) is 6.48 Å². The molecule has 0 radical (unpaired) electrons. The van der Waals surface area contributed by atoms with Gasteiger partial charge in [0.1, 0.15) is 0 Å². The van der Waals surface area contributed by atoms with Gasteiger partial charge in [-0.25, -0.2) is 0 Å². The Hall–Kier alpha value is -1.18. The maximum Gasteiger partial charge on any atom is 0.0411 e. The van der Waals surface area contributed by atoms with Crippen LogP contribution >= 0.6 is 0 Å². The third-order valence-electron chi connectivity index (χ3n) is 3.15. The molecule has 0 N–H and O–H groups in total. The minimum absolute atomic E-state index is 1.22.